The summed E-state index contributed by atoms with van der Waals surface area (Å²) in [6, 6.07) is 5.70. The van der Waals surface area contributed by atoms with Gasteiger partial charge in [0.1, 0.15) is 6.61 Å². The summed E-state index contributed by atoms with van der Waals surface area (Å²) in [6.45, 7) is 5.36. The molecule has 0 aromatic heterocycles. The fourth-order valence-corrected chi connectivity index (χ4v) is 2.60. The molecule has 3 heteroatoms. The Morgan fingerprint density at radius 3 is 2.76 bits per heavy atom. The van der Waals surface area contributed by atoms with E-state index in [9.17, 15) is 4.79 Å². The number of carbonyl (C=O) groups is 1. The molecule has 1 aromatic carbocycles. The number of hydrogen-bond donors (Lipinski definition) is 1. The van der Waals surface area contributed by atoms with E-state index >= 15 is 0 Å². The molecule has 0 heterocycles. The van der Waals surface area contributed by atoms with E-state index in [4.69, 9.17) is 5.11 Å². The van der Waals surface area contributed by atoms with Crippen LogP contribution >= 0.6 is 0 Å². The van der Waals surface area contributed by atoms with Crippen LogP contribution in [0.3, 0.4) is 0 Å². The summed E-state index contributed by atoms with van der Waals surface area (Å²) in [4.78, 5) is 14.7. The second-order valence-corrected chi connectivity index (χ2v) is 5.65. The van der Waals surface area contributed by atoms with Crippen molar-refractivity contribution in [2.24, 2.45) is 5.92 Å². The highest BCUT2D eigenvalue weighted by Gasteiger charge is 2.24. The molecule has 3 nitrogen and oxygen atoms in total. The normalized spacial score (nSPS) is 14.0. The zero-order valence-corrected chi connectivity index (χ0v) is 12.9. The average molecular weight is 285 g/mol. The molecule has 0 atom stereocenters. The van der Waals surface area contributed by atoms with Crippen LogP contribution in [0, 0.1) is 24.7 Å². The van der Waals surface area contributed by atoms with Gasteiger partial charge in [-0.2, -0.15) is 0 Å². The van der Waals surface area contributed by atoms with Crippen LogP contribution < -0.4 is 0 Å². The van der Waals surface area contributed by atoms with Crippen molar-refractivity contribution in [3.63, 3.8) is 0 Å². The molecule has 0 aliphatic heterocycles. The Balaban J connectivity index is 2.23. The lowest BCUT2D eigenvalue weighted by Gasteiger charge is -2.32. The molecule has 0 spiro atoms. The summed E-state index contributed by atoms with van der Waals surface area (Å²) in [5, 5.41) is 8.87. The Hall–Kier alpha value is -1.79. The number of nitrogens with zero attached hydrogens (tertiary/aromatic N) is 1. The van der Waals surface area contributed by atoms with Crippen LogP contribution in [0.5, 0.6) is 0 Å². The zero-order chi connectivity index (χ0) is 15.2. The number of aryl methyl sites for hydroxylation is 1. The first kappa shape index (κ1) is 15.6. The summed E-state index contributed by atoms with van der Waals surface area (Å²) in [7, 11) is 0. The van der Waals surface area contributed by atoms with E-state index in [1.165, 1.54) is 19.3 Å². The van der Waals surface area contributed by atoms with E-state index in [2.05, 4.69) is 11.8 Å². The molecule has 1 amide bonds. The summed E-state index contributed by atoms with van der Waals surface area (Å²) < 4.78 is 0. The number of hydrogen-bond acceptors (Lipinski definition) is 2. The third-order valence-electron chi connectivity index (χ3n) is 4.08. The number of rotatable bonds is 4. The topological polar surface area (TPSA) is 40.5 Å². The van der Waals surface area contributed by atoms with Crippen LogP contribution in [0.1, 0.15) is 47.7 Å². The molecule has 21 heavy (non-hydrogen) atoms. The molecule has 1 saturated carbocycles. The molecule has 0 radical (unpaired) electrons. The van der Waals surface area contributed by atoms with Crippen LogP contribution in [0.15, 0.2) is 18.2 Å². The van der Waals surface area contributed by atoms with Crippen LogP contribution in [-0.4, -0.2) is 35.6 Å². The number of carbonyl (C=O) groups excluding carboxylic acids is 1. The van der Waals surface area contributed by atoms with Crippen molar-refractivity contribution >= 4 is 5.91 Å². The fourth-order valence-electron chi connectivity index (χ4n) is 2.60. The Bertz CT molecular complexity index is 564. The monoisotopic (exact) mass is 285 g/mol. The van der Waals surface area contributed by atoms with Crippen molar-refractivity contribution in [2.45, 2.75) is 33.1 Å². The van der Waals surface area contributed by atoms with Gasteiger partial charge in [-0.3, -0.25) is 4.79 Å². The predicted molar refractivity (Wildman–Crippen MR) is 84.1 cm³/mol. The molecule has 112 valence electrons. The summed E-state index contributed by atoms with van der Waals surface area (Å²) in [5.74, 6) is 6.25. The largest absolute Gasteiger partial charge is 0.384 e. The number of amides is 1. The minimum absolute atomic E-state index is 0.0478. The Kier molecular flexibility index (Phi) is 5.41. The third kappa shape index (κ3) is 3.86. The van der Waals surface area contributed by atoms with Gasteiger partial charge in [-0.15, -0.1) is 0 Å². The van der Waals surface area contributed by atoms with Crippen LogP contribution in [0.2, 0.25) is 0 Å². The minimum Gasteiger partial charge on any atom is -0.384 e. The number of aliphatic hydroxyl groups is 1. The van der Waals surface area contributed by atoms with E-state index in [0.29, 0.717) is 17.0 Å². The second-order valence-electron chi connectivity index (χ2n) is 5.65. The maximum Gasteiger partial charge on any atom is 0.255 e. The lowest BCUT2D eigenvalue weighted by atomic mass is 9.85. The van der Waals surface area contributed by atoms with Gasteiger partial charge in [0.15, 0.2) is 0 Å². The van der Waals surface area contributed by atoms with Crippen LogP contribution in [0.4, 0.5) is 0 Å². The smallest absolute Gasteiger partial charge is 0.255 e. The van der Waals surface area contributed by atoms with Gasteiger partial charge in [0, 0.05) is 18.7 Å². The Morgan fingerprint density at radius 2 is 2.19 bits per heavy atom. The second kappa shape index (κ2) is 7.28. The van der Waals surface area contributed by atoms with Crippen molar-refractivity contribution in [3.05, 3.63) is 34.9 Å². The maximum atomic E-state index is 12.7. The molecular formula is C18H23NO2. The van der Waals surface area contributed by atoms with E-state index in [-0.39, 0.29) is 12.5 Å². The summed E-state index contributed by atoms with van der Waals surface area (Å²) in [6.07, 6.45) is 3.75. The van der Waals surface area contributed by atoms with Gasteiger partial charge in [0.25, 0.3) is 5.91 Å². The van der Waals surface area contributed by atoms with E-state index < -0.39 is 0 Å². The highest BCUT2D eigenvalue weighted by atomic mass is 16.2. The summed E-state index contributed by atoms with van der Waals surface area (Å²) in [5.41, 5.74) is 2.42. The molecule has 1 fully saturated rings. The molecule has 0 bridgehead atoms. The lowest BCUT2D eigenvalue weighted by Crippen LogP contribution is -2.37. The van der Waals surface area contributed by atoms with Crippen molar-refractivity contribution < 1.29 is 9.90 Å². The van der Waals surface area contributed by atoms with Gasteiger partial charge >= 0.3 is 0 Å². The average Bonchev–Trinajstić information content (AvgIpc) is 2.43. The number of benzene rings is 1. The van der Waals surface area contributed by atoms with Crippen molar-refractivity contribution in [2.75, 3.05) is 19.7 Å². The third-order valence-corrected chi connectivity index (χ3v) is 4.08. The van der Waals surface area contributed by atoms with E-state index in [0.717, 1.165) is 18.7 Å². The molecule has 0 unspecified atom stereocenters. The first-order valence-corrected chi connectivity index (χ1v) is 7.65. The van der Waals surface area contributed by atoms with E-state index in [1.807, 2.05) is 36.9 Å². The van der Waals surface area contributed by atoms with Gasteiger partial charge in [0.2, 0.25) is 0 Å². The molecule has 1 aliphatic rings. The molecule has 1 aliphatic carbocycles. The SMILES string of the molecule is CCN(CC1CCC1)C(=O)c1ccc(C)cc1C#CCO. The van der Waals surface area contributed by atoms with Crippen LogP contribution in [0.25, 0.3) is 0 Å². The Morgan fingerprint density at radius 1 is 1.43 bits per heavy atom. The Labute approximate surface area is 127 Å². The lowest BCUT2D eigenvalue weighted by molar-refractivity contribution is 0.0706. The van der Waals surface area contributed by atoms with Gasteiger partial charge in [-0.05, 0) is 50.3 Å². The zero-order valence-electron chi connectivity index (χ0n) is 12.9. The highest BCUT2D eigenvalue weighted by Crippen LogP contribution is 2.27. The van der Waals surface area contributed by atoms with Gasteiger partial charge in [-0.25, -0.2) is 0 Å². The standard InChI is InChI=1S/C18H23NO2/c1-3-19(13-15-6-4-7-15)18(21)17-10-9-14(2)12-16(17)8-5-11-20/h9-10,12,15,20H,3-4,6-7,11,13H2,1-2H3. The molecular weight excluding hydrogens is 262 g/mol. The van der Waals surface area contributed by atoms with Gasteiger partial charge < -0.3 is 10.0 Å². The van der Waals surface area contributed by atoms with Crippen molar-refractivity contribution in [3.8, 4) is 11.8 Å². The molecule has 0 saturated heterocycles. The van der Waals surface area contributed by atoms with Crippen molar-refractivity contribution in [1.29, 1.82) is 0 Å². The predicted octanol–water partition coefficient (Wildman–Crippen LogP) is 2.60. The van der Waals surface area contributed by atoms with Crippen LogP contribution in [-0.2, 0) is 0 Å². The fraction of sp³-hybridized carbons (Fsp3) is 0.500. The molecule has 1 aromatic rings. The van der Waals surface area contributed by atoms with Gasteiger partial charge in [-0.1, -0.05) is 24.3 Å². The quantitative estimate of drug-likeness (QED) is 0.864. The molecule has 1 N–H and O–H groups in total. The minimum atomic E-state index is -0.193. The van der Waals surface area contributed by atoms with Crippen molar-refractivity contribution in [1.82, 2.24) is 4.90 Å². The summed E-state index contributed by atoms with van der Waals surface area (Å²) >= 11 is 0. The molecule has 2 rings (SSSR count). The number of aliphatic hydroxyl groups excluding tert-OH is 1. The first-order chi connectivity index (χ1) is 10.2. The first-order valence-electron chi connectivity index (χ1n) is 7.65. The maximum absolute atomic E-state index is 12.7. The van der Waals surface area contributed by atoms with E-state index in [1.54, 1.807) is 0 Å². The highest BCUT2D eigenvalue weighted by molar-refractivity contribution is 5.96. The van der Waals surface area contributed by atoms with Gasteiger partial charge in [0.05, 0.1) is 5.56 Å².